The summed E-state index contributed by atoms with van der Waals surface area (Å²) in [6.45, 7) is 9.86. The molecule has 3 rings (SSSR count). The highest BCUT2D eigenvalue weighted by Crippen LogP contribution is 2.23. The molecule has 196 valence electrons. The van der Waals surface area contributed by atoms with Crippen LogP contribution in [0.25, 0.3) is 0 Å². The van der Waals surface area contributed by atoms with Crippen LogP contribution in [0.5, 0.6) is 0 Å². The third-order valence-corrected chi connectivity index (χ3v) is 6.61. The average molecular weight is 501 g/mol. The van der Waals surface area contributed by atoms with Gasteiger partial charge in [-0.25, -0.2) is 0 Å². The number of rotatable bonds is 10. The van der Waals surface area contributed by atoms with Gasteiger partial charge in [0, 0.05) is 31.2 Å². The van der Waals surface area contributed by atoms with Crippen LogP contribution in [0.4, 0.5) is 5.69 Å². The molecule has 0 radical (unpaired) electrons. The van der Waals surface area contributed by atoms with E-state index >= 15 is 0 Å². The van der Waals surface area contributed by atoms with Gasteiger partial charge >= 0.3 is 0 Å². The smallest absolute Gasteiger partial charge is 0.238 e. The van der Waals surface area contributed by atoms with Gasteiger partial charge in [0.25, 0.3) is 0 Å². The number of hydrogen-bond acceptors (Lipinski definition) is 7. The lowest BCUT2D eigenvalue weighted by atomic mass is 9.85. The minimum absolute atomic E-state index is 0.0242. The number of ketones is 1. The molecule has 1 aromatic rings. The highest BCUT2D eigenvalue weighted by molar-refractivity contribution is 6.16. The number of anilines is 1. The monoisotopic (exact) mass is 500 g/mol. The first-order chi connectivity index (χ1) is 17.1. The SMILES string of the molecule is CC(C)[C@H](NC(=O)C[C@@H](C)NC(=O)Cc1ccc(N2CCOCC2)cc1)C(=O)[C@@H]1C(=O)NC(=O)[C@H]1C. The van der Waals surface area contributed by atoms with Crippen molar-refractivity contribution in [2.45, 2.75) is 52.6 Å². The summed E-state index contributed by atoms with van der Waals surface area (Å²) in [5, 5.41) is 7.69. The van der Waals surface area contributed by atoms with Gasteiger partial charge in [-0.05, 0) is 30.5 Å². The van der Waals surface area contributed by atoms with E-state index < -0.39 is 47.4 Å². The highest BCUT2D eigenvalue weighted by Gasteiger charge is 2.46. The zero-order valence-electron chi connectivity index (χ0n) is 21.3. The number of nitrogens with one attached hydrogen (secondary N) is 3. The first-order valence-corrected chi connectivity index (χ1v) is 12.5. The number of carbonyl (C=O) groups excluding carboxylic acids is 5. The molecule has 36 heavy (non-hydrogen) atoms. The molecule has 2 aliphatic heterocycles. The molecule has 0 aromatic heterocycles. The van der Waals surface area contributed by atoms with Crippen LogP contribution in [0.2, 0.25) is 0 Å². The lowest BCUT2D eigenvalue weighted by Gasteiger charge is -2.28. The normalized spacial score (nSPS) is 21.6. The molecular weight excluding hydrogens is 464 g/mol. The van der Waals surface area contributed by atoms with Gasteiger partial charge in [-0.2, -0.15) is 0 Å². The first-order valence-electron chi connectivity index (χ1n) is 12.5. The molecule has 2 aliphatic rings. The molecule has 3 N–H and O–H groups in total. The fourth-order valence-electron chi connectivity index (χ4n) is 4.55. The molecular formula is C26H36N4O6. The number of imide groups is 1. The Kier molecular flexibility index (Phi) is 9.19. The number of Topliss-reactive ketones (excluding diaryl/α,β-unsaturated/α-hetero) is 1. The van der Waals surface area contributed by atoms with Gasteiger partial charge < -0.3 is 20.3 Å². The minimum Gasteiger partial charge on any atom is -0.378 e. The summed E-state index contributed by atoms with van der Waals surface area (Å²) in [5.41, 5.74) is 1.96. The Morgan fingerprint density at radius 1 is 1.00 bits per heavy atom. The van der Waals surface area contributed by atoms with E-state index in [2.05, 4.69) is 20.9 Å². The van der Waals surface area contributed by atoms with Crippen LogP contribution in [0.3, 0.4) is 0 Å². The standard InChI is InChI=1S/C26H36N4O6/c1-15(2)23(24(33)22-17(4)25(34)29-26(22)35)28-20(31)13-16(3)27-21(32)14-18-5-7-19(8-6-18)30-9-11-36-12-10-30/h5-8,15-17,22-23H,9-14H2,1-4H3,(H,27,32)(H,28,31)(H,29,34,35)/t16-,17+,22-,23+/m1/s1. The number of hydrogen-bond donors (Lipinski definition) is 3. The Labute approximate surface area is 211 Å². The number of ether oxygens (including phenoxy) is 1. The maximum absolute atomic E-state index is 13.0. The van der Waals surface area contributed by atoms with Crippen LogP contribution < -0.4 is 20.9 Å². The minimum atomic E-state index is -1.11. The van der Waals surface area contributed by atoms with Gasteiger partial charge in [-0.3, -0.25) is 29.3 Å². The van der Waals surface area contributed by atoms with E-state index in [1.807, 2.05) is 24.3 Å². The third kappa shape index (κ3) is 6.90. The van der Waals surface area contributed by atoms with Crippen molar-refractivity contribution in [2.75, 3.05) is 31.2 Å². The summed E-state index contributed by atoms with van der Waals surface area (Å²) < 4.78 is 5.37. The fourth-order valence-corrected chi connectivity index (χ4v) is 4.55. The van der Waals surface area contributed by atoms with Gasteiger partial charge in [-0.1, -0.05) is 32.9 Å². The highest BCUT2D eigenvalue weighted by atomic mass is 16.5. The van der Waals surface area contributed by atoms with E-state index in [-0.39, 0.29) is 24.7 Å². The van der Waals surface area contributed by atoms with Crippen LogP contribution in [-0.4, -0.2) is 67.8 Å². The van der Waals surface area contributed by atoms with E-state index in [0.29, 0.717) is 13.2 Å². The van der Waals surface area contributed by atoms with Crippen molar-refractivity contribution in [2.24, 2.45) is 17.8 Å². The second kappa shape index (κ2) is 12.1. The molecule has 0 unspecified atom stereocenters. The maximum Gasteiger partial charge on any atom is 0.238 e. The topological polar surface area (TPSA) is 134 Å². The Morgan fingerprint density at radius 2 is 1.64 bits per heavy atom. The largest absolute Gasteiger partial charge is 0.378 e. The summed E-state index contributed by atoms with van der Waals surface area (Å²) in [6, 6.07) is 6.47. The number of nitrogens with zero attached hydrogens (tertiary/aromatic N) is 1. The van der Waals surface area contributed by atoms with Crippen molar-refractivity contribution in [3.8, 4) is 0 Å². The van der Waals surface area contributed by atoms with Crippen molar-refractivity contribution >= 4 is 35.1 Å². The Balaban J connectivity index is 1.49. The zero-order valence-corrected chi connectivity index (χ0v) is 21.3. The zero-order chi connectivity index (χ0) is 26.4. The van der Waals surface area contributed by atoms with E-state index in [4.69, 9.17) is 4.74 Å². The molecule has 4 amide bonds. The number of morpholine rings is 1. The van der Waals surface area contributed by atoms with Crippen molar-refractivity contribution < 1.29 is 28.7 Å². The summed E-state index contributed by atoms with van der Waals surface area (Å²) in [6.07, 6.45) is 0.161. The van der Waals surface area contributed by atoms with Crippen LogP contribution >= 0.6 is 0 Å². The second-order valence-electron chi connectivity index (χ2n) is 9.93. The molecule has 2 saturated heterocycles. The molecule has 10 heteroatoms. The molecule has 0 bridgehead atoms. The van der Waals surface area contributed by atoms with Crippen LogP contribution in [0.15, 0.2) is 24.3 Å². The summed E-state index contributed by atoms with van der Waals surface area (Å²) >= 11 is 0. The van der Waals surface area contributed by atoms with Gasteiger partial charge in [0.05, 0.1) is 31.6 Å². The Hall–Kier alpha value is -3.27. The van der Waals surface area contributed by atoms with Crippen molar-refractivity contribution in [1.29, 1.82) is 0 Å². The van der Waals surface area contributed by atoms with Gasteiger partial charge in [0.2, 0.25) is 23.6 Å². The molecule has 4 atom stereocenters. The van der Waals surface area contributed by atoms with E-state index in [0.717, 1.165) is 24.3 Å². The summed E-state index contributed by atoms with van der Waals surface area (Å²) in [7, 11) is 0. The maximum atomic E-state index is 13.0. The Bertz CT molecular complexity index is 987. The lowest BCUT2D eigenvalue weighted by Crippen LogP contribution is -2.50. The number of carbonyl (C=O) groups is 5. The lowest BCUT2D eigenvalue weighted by molar-refractivity contribution is -0.137. The molecule has 2 fully saturated rings. The predicted molar refractivity (Wildman–Crippen MR) is 133 cm³/mol. The van der Waals surface area contributed by atoms with Crippen LogP contribution in [0.1, 0.15) is 39.7 Å². The third-order valence-electron chi connectivity index (χ3n) is 6.61. The molecule has 1 aromatic carbocycles. The molecule has 10 nitrogen and oxygen atoms in total. The summed E-state index contributed by atoms with van der Waals surface area (Å²) in [4.78, 5) is 64.2. The average Bonchev–Trinajstić information content (AvgIpc) is 3.08. The molecule has 0 saturated carbocycles. The predicted octanol–water partition coefficient (Wildman–Crippen LogP) is 0.579. The quantitative estimate of drug-likeness (QED) is 0.316. The molecule has 0 aliphatic carbocycles. The van der Waals surface area contributed by atoms with Crippen LogP contribution in [-0.2, 0) is 35.1 Å². The van der Waals surface area contributed by atoms with E-state index in [9.17, 15) is 24.0 Å². The fraction of sp³-hybridized carbons (Fsp3) is 0.577. The van der Waals surface area contributed by atoms with Crippen LogP contribution in [0, 0.1) is 17.8 Å². The van der Waals surface area contributed by atoms with Crippen molar-refractivity contribution in [3.63, 3.8) is 0 Å². The molecule has 0 spiro atoms. The van der Waals surface area contributed by atoms with Gasteiger partial charge in [0.15, 0.2) is 5.78 Å². The number of amides is 4. The first kappa shape index (κ1) is 27.3. The summed E-state index contributed by atoms with van der Waals surface area (Å²) in [5.74, 6) is -4.38. The van der Waals surface area contributed by atoms with Crippen molar-refractivity contribution in [1.82, 2.24) is 16.0 Å². The number of benzene rings is 1. The van der Waals surface area contributed by atoms with Crippen molar-refractivity contribution in [3.05, 3.63) is 29.8 Å². The van der Waals surface area contributed by atoms with E-state index in [1.165, 1.54) is 6.92 Å². The Morgan fingerprint density at radius 3 is 2.19 bits per heavy atom. The van der Waals surface area contributed by atoms with Gasteiger partial charge in [-0.15, -0.1) is 0 Å². The van der Waals surface area contributed by atoms with Gasteiger partial charge in [0.1, 0.15) is 5.92 Å². The molecule has 2 heterocycles. The second-order valence-corrected chi connectivity index (χ2v) is 9.93. The van der Waals surface area contributed by atoms with E-state index in [1.54, 1.807) is 20.8 Å².